The SMILES string of the molecule is O=C(Nc1ccc2c(c1)CCN2)c1cc([N+](=O)[O-])c[nH]1. The molecule has 1 aromatic carbocycles. The molecule has 0 fully saturated rings. The maximum Gasteiger partial charge on any atom is 0.287 e. The van der Waals surface area contributed by atoms with Crippen LogP contribution in [0.15, 0.2) is 30.5 Å². The molecule has 2 heterocycles. The summed E-state index contributed by atoms with van der Waals surface area (Å²) in [5, 5.41) is 16.5. The van der Waals surface area contributed by atoms with Crippen LogP contribution in [0.2, 0.25) is 0 Å². The third kappa shape index (κ3) is 2.20. The zero-order chi connectivity index (χ0) is 14.1. The average molecular weight is 272 g/mol. The Morgan fingerprint density at radius 1 is 1.35 bits per heavy atom. The van der Waals surface area contributed by atoms with Crippen molar-refractivity contribution in [1.29, 1.82) is 0 Å². The van der Waals surface area contributed by atoms with Crippen LogP contribution in [-0.2, 0) is 6.42 Å². The maximum absolute atomic E-state index is 12.0. The van der Waals surface area contributed by atoms with Crippen molar-refractivity contribution >= 4 is 23.0 Å². The molecular weight excluding hydrogens is 260 g/mol. The molecule has 0 saturated carbocycles. The van der Waals surface area contributed by atoms with Crippen LogP contribution >= 0.6 is 0 Å². The number of carbonyl (C=O) groups excluding carboxylic acids is 1. The molecule has 1 amide bonds. The lowest BCUT2D eigenvalue weighted by molar-refractivity contribution is -0.384. The van der Waals surface area contributed by atoms with E-state index in [0.29, 0.717) is 5.69 Å². The summed E-state index contributed by atoms with van der Waals surface area (Å²) in [6, 6.07) is 6.83. The lowest BCUT2D eigenvalue weighted by Crippen LogP contribution is -2.12. The van der Waals surface area contributed by atoms with E-state index in [-0.39, 0.29) is 11.4 Å². The second kappa shape index (κ2) is 4.69. The molecular formula is C13H12N4O3. The third-order valence-electron chi connectivity index (χ3n) is 3.20. The lowest BCUT2D eigenvalue weighted by Gasteiger charge is -2.06. The number of rotatable bonds is 3. The number of benzene rings is 1. The molecule has 1 aromatic heterocycles. The van der Waals surface area contributed by atoms with E-state index in [0.717, 1.165) is 24.2 Å². The highest BCUT2D eigenvalue weighted by Gasteiger charge is 2.15. The van der Waals surface area contributed by atoms with Crippen molar-refractivity contribution in [3.63, 3.8) is 0 Å². The third-order valence-corrected chi connectivity index (χ3v) is 3.20. The molecule has 0 unspecified atom stereocenters. The number of fused-ring (bicyclic) bond motifs is 1. The number of hydrogen-bond donors (Lipinski definition) is 3. The van der Waals surface area contributed by atoms with E-state index in [4.69, 9.17) is 0 Å². The number of nitrogens with one attached hydrogen (secondary N) is 3. The second-order valence-electron chi connectivity index (χ2n) is 4.53. The summed E-state index contributed by atoms with van der Waals surface area (Å²) in [6.45, 7) is 0.898. The second-order valence-corrected chi connectivity index (χ2v) is 4.53. The smallest absolute Gasteiger partial charge is 0.287 e. The Balaban J connectivity index is 1.76. The van der Waals surface area contributed by atoms with Crippen molar-refractivity contribution in [2.75, 3.05) is 17.2 Å². The van der Waals surface area contributed by atoms with Crippen LogP contribution in [-0.4, -0.2) is 22.4 Å². The molecule has 3 N–H and O–H groups in total. The molecule has 7 heteroatoms. The highest BCUT2D eigenvalue weighted by Crippen LogP contribution is 2.25. The molecule has 7 nitrogen and oxygen atoms in total. The summed E-state index contributed by atoms with van der Waals surface area (Å²) in [5.41, 5.74) is 2.94. The average Bonchev–Trinajstić information content (AvgIpc) is 3.07. The fraction of sp³-hybridized carbons (Fsp3) is 0.154. The Bertz CT molecular complexity index is 693. The summed E-state index contributed by atoms with van der Waals surface area (Å²) in [5.74, 6) is -0.399. The lowest BCUT2D eigenvalue weighted by atomic mass is 10.1. The van der Waals surface area contributed by atoms with Crippen LogP contribution in [0.1, 0.15) is 16.1 Å². The molecule has 20 heavy (non-hydrogen) atoms. The zero-order valence-corrected chi connectivity index (χ0v) is 10.5. The molecule has 1 aliphatic heterocycles. The highest BCUT2D eigenvalue weighted by molar-refractivity contribution is 6.03. The Morgan fingerprint density at radius 3 is 2.95 bits per heavy atom. The van der Waals surface area contributed by atoms with Crippen LogP contribution in [0.5, 0.6) is 0 Å². The minimum Gasteiger partial charge on any atom is -0.384 e. The first-order valence-electron chi connectivity index (χ1n) is 6.14. The summed E-state index contributed by atoms with van der Waals surface area (Å²) < 4.78 is 0. The van der Waals surface area contributed by atoms with Gasteiger partial charge in [-0.3, -0.25) is 14.9 Å². The van der Waals surface area contributed by atoms with Crippen LogP contribution < -0.4 is 10.6 Å². The number of aromatic nitrogens is 1. The van der Waals surface area contributed by atoms with Gasteiger partial charge in [0.05, 0.1) is 11.1 Å². The molecule has 102 valence electrons. The van der Waals surface area contributed by atoms with Crippen LogP contribution in [0.3, 0.4) is 0 Å². The van der Waals surface area contributed by atoms with Crippen molar-refractivity contribution in [1.82, 2.24) is 4.98 Å². The monoisotopic (exact) mass is 272 g/mol. The van der Waals surface area contributed by atoms with Gasteiger partial charge in [0.2, 0.25) is 0 Å². The number of aromatic amines is 1. The molecule has 3 rings (SSSR count). The Morgan fingerprint density at radius 2 is 2.20 bits per heavy atom. The minimum atomic E-state index is -0.547. The number of anilines is 2. The summed E-state index contributed by atoms with van der Waals surface area (Å²) in [6.07, 6.45) is 2.12. The van der Waals surface area contributed by atoms with Gasteiger partial charge in [-0.15, -0.1) is 0 Å². The minimum absolute atomic E-state index is 0.131. The molecule has 1 aliphatic rings. The van der Waals surface area contributed by atoms with Crippen LogP contribution in [0.25, 0.3) is 0 Å². The molecule has 2 aromatic rings. The molecule has 0 atom stereocenters. The highest BCUT2D eigenvalue weighted by atomic mass is 16.6. The van der Waals surface area contributed by atoms with Gasteiger partial charge in [0.1, 0.15) is 5.69 Å². The topological polar surface area (TPSA) is 100 Å². The Hall–Kier alpha value is -2.83. The molecule has 0 spiro atoms. The number of nitrogens with zero attached hydrogens (tertiary/aromatic N) is 1. The maximum atomic E-state index is 12.0. The Labute approximate surface area is 114 Å². The molecule has 0 bridgehead atoms. The number of nitro groups is 1. The molecule has 0 aliphatic carbocycles. The van der Waals surface area contributed by atoms with Crippen LogP contribution in [0, 0.1) is 10.1 Å². The van der Waals surface area contributed by atoms with E-state index in [1.807, 2.05) is 12.1 Å². The molecule has 0 saturated heterocycles. The van der Waals surface area contributed by atoms with Crippen LogP contribution in [0.4, 0.5) is 17.1 Å². The van der Waals surface area contributed by atoms with Gasteiger partial charge in [0.25, 0.3) is 11.6 Å². The predicted octanol–water partition coefficient (Wildman–Crippen LogP) is 2.14. The van der Waals surface area contributed by atoms with Gasteiger partial charge in [0, 0.05) is 24.0 Å². The van der Waals surface area contributed by atoms with Gasteiger partial charge in [-0.25, -0.2) is 0 Å². The zero-order valence-electron chi connectivity index (χ0n) is 10.5. The number of hydrogen-bond acceptors (Lipinski definition) is 4. The van der Waals surface area contributed by atoms with Gasteiger partial charge < -0.3 is 15.6 Å². The number of amides is 1. The number of H-pyrrole nitrogens is 1. The first-order chi connectivity index (χ1) is 9.63. The van der Waals surface area contributed by atoms with E-state index >= 15 is 0 Å². The largest absolute Gasteiger partial charge is 0.384 e. The van der Waals surface area contributed by atoms with Gasteiger partial charge in [-0.05, 0) is 30.2 Å². The van der Waals surface area contributed by atoms with E-state index in [2.05, 4.69) is 15.6 Å². The fourth-order valence-electron chi connectivity index (χ4n) is 2.20. The normalized spacial score (nSPS) is 12.6. The van der Waals surface area contributed by atoms with E-state index in [1.54, 1.807) is 6.07 Å². The van der Waals surface area contributed by atoms with Crippen molar-refractivity contribution in [2.45, 2.75) is 6.42 Å². The summed E-state index contributed by atoms with van der Waals surface area (Å²) in [4.78, 5) is 24.6. The number of carbonyl (C=O) groups is 1. The first-order valence-corrected chi connectivity index (χ1v) is 6.14. The molecule has 0 radical (unpaired) electrons. The van der Waals surface area contributed by atoms with Gasteiger partial charge >= 0.3 is 0 Å². The quantitative estimate of drug-likeness (QED) is 0.588. The van der Waals surface area contributed by atoms with E-state index < -0.39 is 10.8 Å². The van der Waals surface area contributed by atoms with Crippen molar-refractivity contribution in [2.24, 2.45) is 0 Å². The predicted molar refractivity (Wildman–Crippen MR) is 74.0 cm³/mol. The van der Waals surface area contributed by atoms with Crippen molar-refractivity contribution in [3.05, 3.63) is 51.8 Å². The van der Waals surface area contributed by atoms with Gasteiger partial charge in [0.15, 0.2) is 0 Å². The standard InChI is InChI=1S/C13H12N4O3/c18-13(12-6-10(7-15-12)17(19)20)16-9-1-2-11-8(5-9)3-4-14-11/h1-2,5-7,14-15H,3-4H2,(H,16,18). The Kier molecular flexibility index (Phi) is 2.86. The fourth-order valence-corrected chi connectivity index (χ4v) is 2.20. The first kappa shape index (κ1) is 12.2. The summed E-state index contributed by atoms with van der Waals surface area (Å²) in [7, 11) is 0. The van der Waals surface area contributed by atoms with Gasteiger partial charge in [-0.1, -0.05) is 0 Å². The van der Waals surface area contributed by atoms with E-state index in [1.165, 1.54) is 12.3 Å². The van der Waals surface area contributed by atoms with Crippen molar-refractivity contribution in [3.8, 4) is 0 Å². The van der Waals surface area contributed by atoms with Crippen molar-refractivity contribution < 1.29 is 9.72 Å². The van der Waals surface area contributed by atoms with E-state index in [9.17, 15) is 14.9 Å². The van der Waals surface area contributed by atoms with Gasteiger partial charge in [-0.2, -0.15) is 0 Å². The summed E-state index contributed by atoms with van der Waals surface area (Å²) >= 11 is 0.